The van der Waals surface area contributed by atoms with Gasteiger partial charge in [0.25, 0.3) is 0 Å². The van der Waals surface area contributed by atoms with Gasteiger partial charge in [-0.2, -0.15) is 0 Å². The van der Waals surface area contributed by atoms with Crippen LogP contribution >= 0.6 is 11.6 Å². The van der Waals surface area contributed by atoms with Gasteiger partial charge in [-0.1, -0.05) is 37.6 Å². The maximum Gasteiger partial charge on any atom is 0.224 e. The smallest absolute Gasteiger partial charge is 0.224 e. The predicted molar refractivity (Wildman–Crippen MR) is 63.0 cm³/mol. The Labute approximate surface area is 95.6 Å². The van der Waals surface area contributed by atoms with Gasteiger partial charge in [-0.25, -0.2) is 0 Å². The Morgan fingerprint density at radius 1 is 1.33 bits per heavy atom. The molecule has 0 heterocycles. The number of hydrogen-bond donors (Lipinski definition) is 1. The minimum absolute atomic E-state index is 0.0611. The molecule has 15 heavy (non-hydrogen) atoms. The number of hydrogen-bond acceptors (Lipinski definition) is 1. The summed E-state index contributed by atoms with van der Waals surface area (Å²) in [5.41, 5.74) is 0.987. The van der Waals surface area contributed by atoms with Crippen molar-refractivity contribution in [3.63, 3.8) is 0 Å². The van der Waals surface area contributed by atoms with Crippen molar-refractivity contribution in [1.82, 2.24) is 5.32 Å². The van der Waals surface area contributed by atoms with Crippen molar-refractivity contribution in [2.75, 3.05) is 6.54 Å². The quantitative estimate of drug-likeness (QED) is 0.839. The van der Waals surface area contributed by atoms with Gasteiger partial charge in [-0.3, -0.25) is 4.79 Å². The second-order valence-electron chi connectivity index (χ2n) is 4.00. The Hall–Kier alpha value is -1.02. The average Bonchev–Trinajstić information content (AvgIpc) is 2.19. The van der Waals surface area contributed by atoms with Crippen molar-refractivity contribution in [2.45, 2.75) is 20.3 Å². The molecule has 0 saturated heterocycles. The Balaban J connectivity index is 2.41. The lowest BCUT2D eigenvalue weighted by Crippen LogP contribution is -2.28. The molecule has 0 saturated carbocycles. The highest BCUT2D eigenvalue weighted by atomic mass is 35.5. The van der Waals surface area contributed by atoms with E-state index in [-0.39, 0.29) is 5.91 Å². The molecule has 0 aromatic heterocycles. The molecule has 0 fully saturated rings. The number of halogens is 1. The first-order valence-corrected chi connectivity index (χ1v) is 5.47. The molecule has 2 nitrogen and oxygen atoms in total. The maximum absolute atomic E-state index is 11.5. The van der Waals surface area contributed by atoms with Crippen LogP contribution < -0.4 is 5.32 Å². The third kappa shape index (κ3) is 4.84. The molecule has 0 radical (unpaired) electrons. The van der Waals surface area contributed by atoms with E-state index in [9.17, 15) is 4.79 Å². The first-order chi connectivity index (χ1) is 7.08. The fraction of sp³-hybridized carbons (Fsp3) is 0.417. The van der Waals surface area contributed by atoms with E-state index in [1.54, 1.807) is 12.1 Å². The lowest BCUT2D eigenvalue weighted by Gasteiger charge is -2.07. The standard InChI is InChI=1S/C12H16ClNO/c1-9(2)8-14-12(15)7-10-3-5-11(13)6-4-10/h3-6,9H,7-8H2,1-2H3,(H,14,15). The molecule has 1 aromatic carbocycles. The van der Waals surface area contributed by atoms with Crippen LogP contribution in [-0.2, 0) is 11.2 Å². The van der Waals surface area contributed by atoms with E-state index in [1.807, 2.05) is 12.1 Å². The summed E-state index contributed by atoms with van der Waals surface area (Å²) >= 11 is 5.75. The molecule has 0 unspecified atom stereocenters. The van der Waals surface area contributed by atoms with Gasteiger partial charge in [0.1, 0.15) is 0 Å². The van der Waals surface area contributed by atoms with Gasteiger partial charge >= 0.3 is 0 Å². The van der Waals surface area contributed by atoms with Crippen LogP contribution in [0.4, 0.5) is 0 Å². The molecule has 1 amide bonds. The summed E-state index contributed by atoms with van der Waals surface area (Å²) in [6.07, 6.45) is 0.421. The SMILES string of the molecule is CC(C)CNC(=O)Cc1ccc(Cl)cc1. The van der Waals surface area contributed by atoms with Crippen LogP contribution in [0.5, 0.6) is 0 Å². The number of carbonyl (C=O) groups is 1. The van der Waals surface area contributed by atoms with Gasteiger partial charge in [0.05, 0.1) is 6.42 Å². The molecule has 0 spiro atoms. The predicted octanol–water partition coefficient (Wildman–Crippen LogP) is 2.65. The normalized spacial score (nSPS) is 10.4. The summed E-state index contributed by atoms with van der Waals surface area (Å²) in [6, 6.07) is 7.34. The molecule has 0 aliphatic heterocycles. The van der Waals surface area contributed by atoms with Gasteiger partial charge in [-0.05, 0) is 23.6 Å². The number of nitrogens with one attached hydrogen (secondary N) is 1. The molecule has 1 N–H and O–H groups in total. The maximum atomic E-state index is 11.5. The van der Waals surface area contributed by atoms with Crippen molar-refractivity contribution in [2.24, 2.45) is 5.92 Å². The van der Waals surface area contributed by atoms with E-state index < -0.39 is 0 Å². The monoisotopic (exact) mass is 225 g/mol. The summed E-state index contributed by atoms with van der Waals surface area (Å²) in [5, 5.41) is 3.57. The molecule has 1 aromatic rings. The van der Waals surface area contributed by atoms with Crippen LogP contribution in [-0.4, -0.2) is 12.5 Å². The average molecular weight is 226 g/mol. The minimum atomic E-state index is 0.0611. The summed E-state index contributed by atoms with van der Waals surface area (Å²) in [4.78, 5) is 11.5. The number of rotatable bonds is 4. The van der Waals surface area contributed by atoms with Gasteiger partial charge < -0.3 is 5.32 Å². The zero-order valence-corrected chi connectivity index (χ0v) is 9.84. The molecule has 0 aliphatic carbocycles. The van der Waals surface area contributed by atoms with Crippen LogP contribution in [0.15, 0.2) is 24.3 Å². The summed E-state index contributed by atoms with van der Waals surface area (Å²) < 4.78 is 0. The fourth-order valence-corrected chi connectivity index (χ4v) is 1.29. The molecule has 0 bridgehead atoms. The first-order valence-electron chi connectivity index (χ1n) is 5.09. The van der Waals surface area contributed by atoms with E-state index in [2.05, 4.69) is 19.2 Å². The van der Waals surface area contributed by atoms with E-state index >= 15 is 0 Å². The molecule has 1 rings (SSSR count). The zero-order chi connectivity index (χ0) is 11.3. The van der Waals surface area contributed by atoms with Crippen molar-refractivity contribution in [1.29, 1.82) is 0 Å². The minimum Gasteiger partial charge on any atom is -0.356 e. The third-order valence-electron chi connectivity index (χ3n) is 1.99. The first kappa shape index (κ1) is 12.1. The van der Waals surface area contributed by atoms with Crippen LogP contribution in [0.25, 0.3) is 0 Å². The Morgan fingerprint density at radius 2 is 1.93 bits per heavy atom. The second kappa shape index (κ2) is 5.76. The van der Waals surface area contributed by atoms with Crippen LogP contribution in [0.3, 0.4) is 0 Å². The van der Waals surface area contributed by atoms with Crippen molar-refractivity contribution in [3.8, 4) is 0 Å². The summed E-state index contributed by atoms with van der Waals surface area (Å²) in [5.74, 6) is 0.546. The van der Waals surface area contributed by atoms with Gasteiger partial charge in [0.15, 0.2) is 0 Å². The molecule has 0 aliphatic rings. The number of amides is 1. The van der Waals surface area contributed by atoms with Crippen LogP contribution in [0, 0.1) is 5.92 Å². The van der Waals surface area contributed by atoms with Crippen LogP contribution in [0.1, 0.15) is 19.4 Å². The Kier molecular flexibility index (Phi) is 4.63. The van der Waals surface area contributed by atoms with Crippen LogP contribution in [0.2, 0.25) is 5.02 Å². The lowest BCUT2D eigenvalue weighted by atomic mass is 10.1. The van der Waals surface area contributed by atoms with Crippen molar-refractivity contribution >= 4 is 17.5 Å². The van der Waals surface area contributed by atoms with Crippen molar-refractivity contribution in [3.05, 3.63) is 34.9 Å². The van der Waals surface area contributed by atoms with E-state index in [4.69, 9.17) is 11.6 Å². The molecule has 3 heteroatoms. The molecule has 0 atom stereocenters. The number of carbonyl (C=O) groups excluding carboxylic acids is 1. The topological polar surface area (TPSA) is 29.1 Å². The van der Waals surface area contributed by atoms with E-state index in [0.717, 1.165) is 12.1 Å². The Morgan fingerprint density at radius 3 is 2.47 bits per heavy atom. The summed E-state index contributed by atoms with van der Waals surface area (Å²) in [6.45, 7) is 4.87. The number of benzene rings is 1. The highest BCUT2D eigenvalue weighted by Gasteiger charge is 2.03. The van der Waals surface area contributed by atoms with Gasteiger partial charge in [0, 0.05) is 11.6 Å². The highest BCUT2D eigenvalue weighted by molar-refractivity contribution is 6.30. The zero-order valence-electron chi connectivity index (χ0n) is 9.09. The molecule has 82 valence electrons. The Bertz CT molecular complexity index is 319. The molecular weight excluding hydrogens is 210 g/mol. The highest BCUT2D eigenvalue weighted by Crippen LogP contribution is 2.09. The van der Waals surface area contributed by atoms with E-state index in [0.29, 0.717) is 17.4 Å². The van der Waals surface area contributed by atoms with E-state index in [1.165, 1.54) is 0 Å². The largest absolute Gasteiger partial charge is 0.356 e. The second-order valence-corrected chi connectivity index (χ2v) is 4.44. The van der Waals surface area contributed by atoms with Crippen molar-refractivity contribution < 1.29 is 4.79 Å². The molecular formula is C12H16ClNO. The fourth-order valence-electron chi connectivity index (χ4n) is 1.17. The summed E-state index contributed by atoms with van der Waals surface area (Å²) in [7, 11) is 0. The van der Waals surface area contributed by atoms with Gasteiger partial charge in [0.2, 0.25) is 5.91 Å². The van der Waals surface area contributed by atoms with Gasteiger partial charge in [-0.15, -0.1) is 0 Å². The third-order valence-corrected chi connectivity index (χ3v) is 2.24. The lowest BCUT2D eigenvalue weighted by molar-refractivity contribution is -0.120.